The van der Waals surface area contributed by atoms with Crippen LogP contribution in [0.5, 0.6) is 34.5 Å². The molecular formula is C30H20O8. The van der Waals surface area contributed by atoms with Gasteiger partial charge in [-0.1, -0.05) is 30.3 Å². The molecule has 0 fully saturated rings. The molecule has 188 valence electrons. The molecular weight excluding hydrogens is 488 g/mol. The molecule has 2 aliphatic rings. The molecule has 8 nitrogen and oxygen atoms in total. The number of phenols is 4. The molecule has 0 saturated heterocycles. The highest BCUT2D eigenvalue weighted by Crippen LogP contribution is 2.60. The van der Waals surface area contributed by atoms with Crippen LogP contribution in [-0.2, 0) is 5.60 Å². The Morgan fingerprint density at radius 1 is 0.789 bits per heavy atom. The number of ether oxygens (including phenoxy) is 2. The normalized spacial score (nSPS) is 19.3. The van der Waals surface area contributed by atoms with Gasteiger partial charge in [0.15, 0.2) is 11.9 Å². The highest BCUT2D eigenvalue weighted by molar-refractivity contribution is 6.12. The number of hydrogen-bond acceptors (Lipinski definition) is 8. The number of carbonyl (C=O) groups excluding carboxylic acids is 2. The predicted octanol–water partition coefficient (Wildman–Crippen LogP) is 5.01. The van der Waals surface area contributed by atoms with E-state index in [9.17, 15) is 30.0 Å². The molecule has 8 heteroatoms. The summed E-state index contributed by atoms with van der Waals surface area (Å²) in [5.41, 5.74) is -0.615. The fourth-order valence-electron chi connectivity index (χ4n) is 4.91. The Morgan fingerprint density at radius 3 is 2.16 bits per heavy atom. The van der Waals surface area contributed by atoms with Gasteiger partial charge < -0.3 is 29.9 Å². The van der Waals surface area contributed by atoms with Crippen molar-refractivity contribution in [1.29, 1.82) is 0 Å². The maximum atomic E-state index is 14.0. The fraction of sp³-hybridized carbons (Fsp3) is 0.0667. The number of ketones is 2. The number of benzene rings is 4. The fourth-order valence-corrected chi connectivity index (χ4v) is 4.91. The molecule has 38 heavy (non-hydrogen) atoms. The van der Waals surface area contributed by atoms with Gasteiger partial charge in [0.05, 0.1) is 16.7 Å². The minimum Gasteiger partial charge on any atom is -0.508 e. The maximum Gasteiger partial charge on any atom is 0.244 e. The van der Waals surface area contributed by atoms with E-state index >= 15 is 0 Å². The summed E-state index contributed by atoms with van der Waals surface area (Å²) in [6.45, 7) is 0. The Kier molecular flexibility index (Phi) is 5.13. The Bertz CT molecular complexity index is 1640. The number of Topliss-reactive ketones (excluding diaryl/α,β-unsaturated/α-hetero) is 1. The minimum absolute atomic E-state index is 0.000137. The van der Waals surface area contributed by atoms with Crippen LogP contribution >= 0.6 is 0 Å². The highest BCUT2D eigenvalue weighted by atomic mass is 16.6. The quantitative estimate of drug-likeness (QED) is 0.223. The van der Waals surface area contributed by atoms with Gasteiger partial charge in [-0.05, 0) is 65.7 Å². The molecule has 0 radical (unpaired) electrons. The Balaban J connectivity index is 1.48. The van der Waals surface area contributed by atoms with Crippen molar-refractivity contribution in [1.82, 2.24) is 0 Å². The zero-order chi connectivity index (χ0) is 26.6. The lowest BCUT2D eigenvalue weighted by Gasteiger charge is -2.28. The molecule has 0 aromatic heterocycles. The first-order valence-corrected chi connectivity index (χ1v) is 11.7. The molecule has 2 aliphatic heterocycles. The van der Waals surface area contributed by atoms with E-state index in [1.165, 1.54) is 66.7 Å². The summed E-state index contributed by atoms with van der Waals surface area (Å²) < 4.78 is 12.4. The van der Waals surface area contributed by atoms with Crippen LogP contribution in [0, 0.1) is 0 Å². The van der Waals surface area contributed by atoms with Gasteiger partial charge >= 0.3 is 0 Å². The first-order chi connectivity index (χ1) is 18.3. The van der Waals surface area contributed by atoms with Gasteiger partial charge in [-0.15, -0.1) is 0 Å². The van der Waals surface area contributed by atoms with Crippen molar-refractivity contribution in [3.8, 4) is 34.5 Å². The van der Waals surface area contributed by atoms with Gasteiger partial charge in [0.1, 0.15) is 34.5 Å². The van der Waals surface area contributed by atoms with Gasteiger partial charge in [0, 0.05) is 6.07 Å². The second-order valence-corrected chi connectivity index (χ2v) is 9.06. The average molecular weight is 508 g/mol. The largest absolute Gasteiger partial charge is 0.508 e. The number of rotatable bonds is 4. The summed E-state index contributed by atoms with van der Waals surface area (Å²) in [7, 11) is 0. The average Bonchev–Trinajstić information content (AvgIpc) is 3.38. The lowest BCUT2D eigenvalue weighted by atomic mass is 9.80. The third-order valence-electron chi connectivity index (χ3n) is 6.72. The molecule has 0 saturated carbocycles. The number of allylic oxidation sites excluding steroid dienone is 1. The van der Waals surface area contributed by atoms with E-state index in [2.05, 4.69) is 0 Å². The van der Waals surface area contributed by atoms with E-state index in [1.807, 2.05) is 0 Å². The number of phenolic OH excluding ortho intramolecular Hbond substituents is 4. The van der Waals surface area contributed by atoms with Crippen molar-refractivity contribution < 1.29 is 39.5 Å². The van der Waals surface area contributed by atoms with E-state index in [-0.39, 0.29) is 45.4 Å². The second-order valence-electron chi connectivity index (χ2n) is 9.06. The smallest absolute Gasteiger partial charge is 0.244 e. The molecule has 2 unspecified atom stereocenters. The monoisotopic (exact) mass is 508 g/mol. The summed E-state index contributed by atoms with van der Waals surface area (Å²) in [5, 5.41) is 40.6. The van der Waals surface area contributed by atoms with Crippen molar-refractivity contribution in [3.63, 3.8) is 0 Å². The van der Waals surface area contributed by atoms with E-state index in [0.29, 0.717) is 11.1 Å². The van der Waals surface area contributed by atoms with Crippen molar-refractivity contribution in [3.05, 3.63) is 113 Å². The molecule has 0 bridgehead atoms. The van der Waals surface area contributed by atoms with Crippen LogP contribution in [0.1, 0.15) is 43.5 Å². The molecule has 4 aromatic carbocycles. The van der Waals surface area contributed by atoms with Gasteiger partial charge in [-0.25, -0.2) is 0 Å². The Labute approximate surface area is 216 Å². The first kappa shape index (κ1) is 23.2. The van der Waals surface area contributed by atoms with Crippen LogP contribution in [0.2, 0.25) is 0 Å². The molecule has 2 heterocycles. The molecule has 0 amide bonds. The van der Waals surface area contributed by atoms with E-state index in [1.54, 1.807) is 24.3 Å². The number of fused-ring (bicyclic) bond motifs is 3. The summed E-state index contributed by atoms with van der Waals surface area (Å²) in [5.74, 6) is -1.24. The zero-order valence-electron chi connectivity index (χ0n) is 19.7. The van der Waals surface area contributed by atoms with Gasteiger partial charge in [-0.2, -0.15) is 0 Å². The topological polar surface area (TPSA) is 134 Å². The number of aromatic hydroxyl groups is 4. The second kappa shape index (κ2) is 8.41. The van der Waals surface area contributed by atoms with Crippen molar-refractivity contribution in [2.45, 2.75) is 11.7 Å². The summed E-state index contributed by atoms with van der Waals surface area (Å²) in [6, 6.07) is 19.3. The number of carbonyl (C=O) groups is 2. The lowest BCUT2D eigenvalue weighted by molar-refractivity contribution is 0.00604. The lowest BCUT2D eigenvalue weighted by Crippen LogP contribution is -2.41. The van der Waals surface area contributed by atoms with E-state index in [0.717, 1.165) is 0 Å². The summed E-state index contributed by atoms with van der Waals surface area (Å²) in [4.78, 5) is 27.1. The van der Waals surface area contributed by atoms with Crippen molar-refractivity contribution in [2.75, 3.05) is 0 Å². The number of hydrogen-bond donors (Lipinski definition) is 4. The Hall–Kier alpha value is -5.24. The molecule has 4 aromatic rings. The molecule has 6 rings (SSSR count). The van der Waals surface area contributed by atoms with E-state index in [4.69, 9.17) is 9.47 Å². The molecule has 0 aliphatic carbocycles. The van der Waals surface area contributed by atoms with Crippen LogP contribution in [0.25, 0.3) is 6.08 Å². The van der Waals surface area contributed by atoms with Crippen molar-refractivity contribution >= 4 is 17.6 Å². The van der Waals surface area contributed by atoms with Crippen LogP contribution in [-0.4, -0.2) is 32.0 Å². The minimum atomic E-state index is -1.89. The van der Waals surface area contributed by atoms with Gasteiger partial charge in [-0.3, -0.25) is 9.59 Å². The van der Waals surface area contributed by atoms with E-state index < -0.39 is 29.0 Å². The predicted molar refractivity (Wildman–Crippen MR) is 136 cm³/mol. The molecule has 2 atom stereocenters. The highest BCUT2D eigenvalue weighted by Gasteiger charge is 2.63. The SMILES string of the molecule is O=C(/C=C/c1ccc(O)cc1)c1ccc2c(c1O)C1(Oc3cc(O)ccc3C1=O)C(c1ccc(O)cc1)O2. The zero-order valence-corrected chi connectivity index (χ0v) is 19.7. The van der Waals surface area contributed by atoms with Crippen LogP contribution in [0.3, 0.4) is 0 Å². The summed E-state index contributed by atoms with van der Waals surface area (Å²) in [6.07, 6.45) is 1.75. The maximum absolute atomic E-state index is 14.0. The van der Waals surface area contributed by atoms with Crippen LogP contribution in [0.4, 0.5) is 0 Å². The van der Waals surface area contributed by atoms with Gasteiger partial charge in [0.25, 0.3) is 0 Å². The van der Waals surface area contributed by atoms with Crippen LogP contribution < -0.4 is 9.47 Å². The third kappa shape index (κ3) is 3.46. The standard InChI is InChI=1S/C30H20O8/c31-18-6-1-16(2-7-18)3-13-23(34)21-12-14-24-26(27(21)35)30(29(37-24)17-4-8-19(32)9-5-17)28(36)22-11-10-20(33)15-25(22)38-30/h1-15,29,31-33,35H/b13-3+. The summed E-state index contributed by atoms with van der Waals surface area (Å²) >= 11 is 0. The third-order valence-corrected chi connectivity index (χ3v) is 6.72. The first-order valence-electron chi connectivity index (χ1n) is 11.7. The van der Waals surface area contributed by atoms with Crippen molar-refractivity contribution in [2.24, 2.45) is 0 Å². The Morgan fingerprint density at radius 2 is 1.45 bits per heavy atom. The molecule has 4 N–H and O–H groups in total. The molecule has 1 spiro atoms. The van der Waals surface area contributed by atoms with Gasteiger partial charge in [0.2, 0.25) is 11.4 Å². The van der Waals surface area contributed by atoms with Crippen LogP contribution in [0.15, 0.2) is 84.9 Å².